The number of anilines is 1. The number of nitrogens with one attached hydrogen (secondary N) is 1. The second-order valence-electron chi connectivity index (χ2n) is 28.2. The SMILES string of the molecule is C.C=C1C[C@H](O)C[C@@H](CC[C@@H]2[C@@H]3C(=C[C@H](C)C[C@@H]3OC(=O)[C@@H](C)CC)C=C[C@@H]2C)O1.CC(=O)C[C@H](O)C[C@H](O)/C=C/c1c(C2CC2)nc2ccccc2c1-c1ccc(F)cc1.CC(C)c1c(C(=O)Nc2ccccc2)c(-c2ccccc2)c(-c2ccc(F)cc2)n1CCC(O)CC(O)CC(=O)[O-]. The number of ketones is 1. The molecule has 7 aromatic rings. The molecule has 11 rings (SSSR count). The van der Waals surface area contributed by atoms with Crippen LogP contribution in [0.15, 0.2) is 176 Å². The summed E-state index contributed by atoms with van der Waals surface area (Å²) in [6.07, 6.45) is 12.5. The maximum atomic E-state index is 14.0. The number of nitrogens with zero attached hydrogens (tertiary/aromatic N) is 2. The third kappa shape index (κ3) is 21.2. The fraction of sp³-hybridized carbons (Fsp3) is 0.424. The highest BCUT2D eigenvalue weighted by Gasteiger charge is 2.42. The van der Waals surface area contributed by atoms with Crippen molar-refractivity contribution < 1.29 is 68.1 Å². The zero-order valence-electron chi connectivity index (χ0n) is 59.0. The molecule has 5 aromatic carbocycles. The van der Waals surface area contributed by atoms with Gasteiger partial charge < -0.3 is 54.8 Å². The highest BCUT2D eigenvalue weighted by molar-refractivity contribution is 6.12. The fourth-order valence-electron chi connectivity index (χ4n) is 14.4. The number of carbonyl (C=O) groups excluding carboxylic acids is 4. The molecule has 6 N–H and O–H groups in total. The van der Waals surface area contributed by atoms with Gasteiger partial charge in [0.2, 0.25) is 0 Å². The molecule has 12 atom stereocenters. The van der Waals surface area contributed by atoms with E-state index in [0.29, 0.717) is 70.3 Å². The second kappa shape index (κ2) is 36.9. The van der Waals surface area contributed by atoms with Crippen molar-refractivity contribution in [2.24, 2.45) is 29.6 Å². The van der Waals surface area contributed by atoms with Crippen LogP contribution in [0.3, 0.4) is 0 Å². The van der Waals surface area contributed by atoms with E-state index in [4.69, 9.17) is 14.5 Å². The van der Waals surface area contributed by atoms with Crippen LogP contribution < -0.4 is 10.4 Å². The molecule has 1 saturated carbocycles. The van der Waals surface area contributed by atoms with Crippen LogP contribution in [0.5, 0.6) is 0 Å². The summed E-state index contributed by atoms with van der Waals surface area (Å²) in [5.74, 6) is -0.194. The lowest BCUT2D eigenvalue weighted by Gasteiger charge is -2.43. The number of carboxylic acids is 1. The van der Waals surface area contributed by atoms with Gasteiger partial charge in [-0.1, -0.05) is 165 Å². The number of benzene rings is 5. The van der Waals surface area contributed by atoms with Crippen molar-refractivity contribution in [3.05, 3.63) is 210 Å². The number of carbonyl (C=O) groups is 4. The topological polar surface area (TPSA) is 241 Å². The van der Waals surface area contributed by atoms with E-state index in [1.165, 1.54) is 36.8 Å². The number of Topliss-reactive ketones (excluding diaryl/α,β-unsaturated/α-hetero) is 1. The highest BCUT2D eigenvalue weighted by atomic mass is 19.1. The van der Waals surface area contributed by atoms with Crippen molar-refractivity contribution in [1.29, 1.82) is 0 Å². The summed E-state index contributed by atoms with van der Waals surface area (Å²) in [7, 11) is 0. The van der Waals surface area contributed by atoms with Crippen LogP contribution in [0.4, 0.5) is 14.5 Å². The van der Waals surface area contributed by atoms with E-state index < -0.39 is 42.6 Å². The fourth-order valence-corrected chi connectivity index (χ4v) is 14.4. The van der Waals surface area contributed by atoms with Crippen LogP contribution in [0.1, 0.15) is 179 Å². The number of allylic oxidation sites excluding steroid dienone is 3. The molecule has 3 aliphatic carbocycles. The molecule has 0 bridgehead atoms. The zero-order valence-corrected chi connectivity index (χ0v) is 59.0. The van der Waals surface area contributed by atoms with E-state index in [2.05, 4.69) is 44.0 Å². The first-order chi connectivity index (χ1) is 48.3. The molecule has 1 aliphatic heterocycles. The summed E-state index contributed by atoms with van der Waals surface area (Å²) in [5, 5.41) is 66.0. The molecule has 0 radical (unpaired) electrons. The Hall–Kier alpha value is -8.71. The van der Waals surface area contributed by atoms with E-state index in [9.17, 15) is 58.6 Å². The van der Waals surface area contributed by atoms with Gasteiger partial charge in [-0.25, -0.2) is 8.78 Å². The molecule has 17 heteroatoms. The second-order valence-corrected chi connectivity index (χ2v) is 28.2. The van der Waals surface area contributed by atoms with Crippen LogP contribution in [0.2, 0.25) is 0 Å². The van der Waals surface area contributed by atoms with Crippen molar-refractivity contribution in [3.63, 3.8) is 0 Å². The van der Waals surface area contributed by atoms with Crippen molar-refractivity contribution in [1.82, 2.24) is 9.55 Å². The number of aliphatic hydroxyl groups is 5. The molecule has 4 aliphatic rings. The Morgan fingerprint density at radius 1 is 0.784 bits per heavy atom. The smallest absolute Gasteiger partial charge is 0.308 e. The molecular formula is C85H102F2N3O12-. The van der Waals surface area contributed by atoms with Crippen LogP contribution in [-0.4, -0.2) is 101 Å². The summed E-state index contributed by atoms with van der Waals surface area (Å²) in [6.45, 7) is 18.0. The summed E-state index contributed by atoms with van der Waals surface area (Å²) >= 11 is 0. The van der Waals surface area contributed by atoms with Crippen LogP contribution >= 0.6 is 0 Å². The summed E-state index contributed by atoms with van der Waals surface area (Å²) < 4.78 is 41.6. The molecule has 102 heavy (non-hydrogen) atoms. The molecule has 3 heterocycles. The van der Waals surface area contributed by atoms with Crippen LogP contribution in [-0.2, 0) is 30.4 Å². The van der Waals surface area contributed by atoms with Gasteiger partial charge in [0.15, 0.2) is 0 Å². The zero-order chi connectivity index (χ0) is 72.6. The molecule has 544 valence electrons. The number of hydrogen-bond donors (Lipinski definition) is 6. The Labute approximate surface area is 599 Å². The Kier molecular flexibility index (Phi) is 28.6. The van der Waals surface area contributed by atoms with Gasteiger partial charge in [-0.2, -0.15) is 0 Å². The first kappa shape index (κ1) is 79.0. The van der Waals surface area contributed by atoms with Gasteiger partial charge in [0.25, 0.3) is 5.91 Å². The third-order valence-corrected chi connectivity index (χ3v) is 19.5. The number of amides is 1. The summed E-state index contributed by atoms with van der Waals surface area (Å²) in [4.78, 5) is 53.6. The van der Waals surface area contributed by atoms with Gasteiger partial charge >= 0.3 is 5.97 Å². The van der Waals surface area contributed by atoms with Crippen LogP contribution in [0.25, 0.3) is 50.5 Å². The first-order valence-electron chi connectivity index (χ1n) is 35.7. The number of aromatic nitrogens is 2. The Balaban J connectivity index is 0.000000197. The number of esters is 1. The molecular weight excluding hydrogens is 1290 g/mol. The minimum Gasteiger partial charge on any atom is -0.550 e. The van der Waals surface area contributed by atoms with Crippen molar-refractivity contribution in [2.45, 2.75) is 200 Å². The van der Waals surface area contributed by atoms with Crippen molar-refractivity contribution >= 4 is 46.3 Å². The van der Waals surface area contributed by atoms with E-state index in [0.717, 1.165) is 83.1 Å². The van der Waals surface area contributed by atoms with Gasteiger partial charge in [0.05, 0.1) is 64.7 Å². The number of halogens is 2. The average Bonchev–Trinajstić information content (AvgIpc) is 1.53. The predicted octanol–water partition coefficient (Wildman–Crippen LogP) is 15.8. The normalized spacial score (nSPS) is 20.8. The lowest BCUT2D eigenvalue weighted by Crippen LogP contribution is -2.42. The van der Waals surface area contributed by atoms with Gasteiger partial charge in [0, 0.05) is 89.9 Å². The molecule has 0 spiro atoms. The third-order valence-electron chi connectivity index (χ3n) is 19.5. The largest absolute Gasteiger partial charge is 0.550 e. The molecule has 1 amide bonds. The number of fused-ring (bicyclic) bond motifs is 2. The monoisotopic (exact) mass is 1390 g/mol. The minimum absolute atomic E-state index is 0. The molecule has 2 fully saturated rings. The maximum Gasteiger partial charge on any atom is 0.308 e. The number of ether oxygens (including phenoxy) is 2. The quantitative estimate of drug-likeness (QED) is 0.0277. The van der Waals surface area contributed by atoms with E-state index >= 15 is 0 Å². The molecule has 2 aromatic heterocycles. The first-order valence-corrected chi connectivity index (χ1v) is 35.7. The van der Waals surface area contributed by atoms with Gasteiger partial charge in [-0.05, 0) is 159 Å². The predicted molar refractivity (Wildman–Crippen MR) is 396 cm³/mol. The highest BCUT2D eigenvalue weighted by Crippen LogP contribution is 2.48. The van der Waals surface area contributed by atoms with E-state index in [1.807, 2.05) is 111 Å². The Morgan fingerprint density at radius 2 is 1.40 bits per heavy atom. The number of aliphatic carboxylic acids is 1. The van der Waals surface area contributed by atoms with E-state index in [-0.39, 0.29) is 99.2 Å². The molecule has 15 nitrogen and oxygen atoms in total. The number of aliphatic hydroxyl groups excluding tert-OH is 5. The number of para-hydroxylation sites is 2. The van der Waals surface area contributed by atoms with Gasteiger partial charge in [-0.15, -0.1) is 0 Å². The van der Waals surface area contributed by atoms with E-state index in [1.54, 1.807) is 42.5 Å². The van der Waals surface area contributed by atoms with Crippen molar-refractivity contribution in [3.8, 4) is 33.5 Å². The lowest BCUT2D eigenvalue weighted by atomic mass is 9.65. The average molecular weight is 1400 g/mol. The Bertz CT molecular complexity index is 4050. The van der Waals surface area contributed by atoms with Crippen LogP contribution in [0, 0.1) is 41.2 Å². The number of rotatable bonds is 26. The number of hydrogen-bond acceptors (Lipinski definition) is 13. The number of pyridine rings is 1. The van der Waals surface area contributed by atoms with Crippen molar-refractivity contribution in [2.75, 3.05) is 5.32 Å². The molecule has 1 saturated heterocycles. The maximum absolute atomic E-state index is 14.0. The molecule has 2 unspecified atom stereocenters. The van der Waals surface area contributed by atoms with Gasteiger partial charge in [0.1, 0.15) is 29.6 Å². The summed E-state index contributed by atoms with van der Waals surface area (Å²) in [6, 6.07) is 39.0. The van der Waals surface area contributed by atoms with Gasteiger partial charge in [-0.3, -0.25) is 19.4 Å². The Morgan fingerprint density at radius 3 is 2.02 bits per heavy atom. The minimum atomic E-state index is -1.39. The lowest BCUT2D eigenvalue weighted by molar-refractivity contribution is -0.307. The standard InChI is InChI=1S/C33H35FN2O5.C26H26FNO3.C25H38O4.CH4/c1-21(2)31-30(33(41)35-25-11-7-4-8-12-25)29(22-9-5-3-6-10-22)32(23-13-15-24(34)16-14-23)36(31)18-17-26(37)19-27(38)20-28(39)40;1-16(29)14-21(31)15-20(30)12-13-23-25(17-8-10-19(27)11-9-17)22-4-2-3-5-24(22)28-26(23)18-6-7-18;1-6-16(3)25(27)29-23-12-15(2)11-19-8-7-17(4)22(24(19)23)10-9-21-14-20(26)13-18(5)28-21;/h3-16,21,26-27,37-38H,17-20H2,1-2H3,(H,35,41)(H,39,40);2-5,8-13,18,20-21,30-31H,6-7,14-15H2,1H3;7-8,11,15-17,20-24,26H,5-6,9-10,12-14H2,1-4H3;1H4/p-1/b;13-12+;;/t;20-,21+;15-,16-,17-,20-,21+,22-,23-,24-;/m.10./s1. The summed E-state index contributed by atoms with van der Waals surface area (Å²) in [5.41, 5.74) is 10.7. The number of carboxylic acid groups (broad SMARTS) is 1.